The lowest BCUT2D eigenvalue weighted by atomic mass is 10.2. The van der Waals surface area contributed by atoms with Crippen LogP contribution in [0.4, 0.5) is 0 Å². The summed E-state index contributed by atoms with van der Waals surface area (Å²) in [6.07, 6.45) is 0.784. The summed E-state index contributed by atoms with van der Waals surface area (Å²) in [7, 11) is 0. The first-order valence-corrected chi connectivity index (χ1v) is 8.29. The molecular formula is C22H20O3. The molecule has 2 aliphatic rings. The molecule has 2 aromatic rings. The Kier molecular flexibility index (Phi) is 5.47. The van der Waals surface area contributed by atoms with E-state index in [4.69, 9.17) is 9.47 Å². The van der Waals surface area contributed by atoms with Gasteiger partial charge in [0.05, 0.1) is 12.2 Å². The van der Waals surface area contributed by atoms with Gasteiger partial charge in [-0.3, -0.25) is 4.79 Å². The van der Waals surface area contributed by atoms with Crippen molar-refractivity contribution in [3.63, 3.8) is 0 Å². The molecule has 25 heavy (non-hydrogen) atoms. The number of hydrogen-bond donors (Lipinski definition) is 0. The quantitative estimate of drug-likeness (QED) is 0.458. The molecule has 3 heteroatoms. The smallest absolute Gasteiger partial charge is 0.153 e. The summed E-state index contributed by atoms with van der Waals surface area (Å²) >= 11 is 0. The van der Waals surface area contributed by atoms with Crippen molar-refractivity contribution in [2.45, 2.75) is 13.5 Å². The second-order valence-corrected chi connectivity index (χ2v) is 5.61. The molecule has 0 heterocycles. The molecule has 4 rings (SSSR count). The van der Waals surface area contributed by atoms with Crippen LogP contribution in [0, 0.1) is 0 Å². The molecule has 0 bridgehead atoms. The Balaban J connectivity index is 0.000000250. The largest absolute Gasteiger partial charge is 0.493 e. The highest BCUT2D eigenvalue weighted by Gasteiger charge is 2.07. The monoisotopic (exact) mass is 332 g/mol. The minimum Gasteiger partial charge on any atom is -0.493 e. The predicted octanol–water partition coefficient (Wildman–Crippen LogP) is 5.14. The normalized spacial score (nSPS) is 10.3. The maximum Gasteiger partial charge on any atom is 0.153 e. The standard InChI is InChI=1S/C16H16O3.C6H4/c1-2-18-16-10-15(9-8-14(16)11-17)19-12-13-6-4-3-5-7-13;1-2-5-4-6(5)3-1/h3-11H,2,12H2,1H3;1-4H. The summed E-state index contributed by atoms with van der Waals surface area (Å²) in [6.45, 7) is 2.89. The summed E-state index contributed by atoms with van der Waals surface area (Å²) in [5, 5.41) is 0. The molecule has 0 saturated heterocycles. The fourth-order valence-corrected chi connectivity index (χ4v) is 2.40. The molecule has 0 aliphatic heterocycles. The molecule has 0 atom stereocenters. The van der Waals surface area contributed by atoms with Gasteiger partial charge in [0.2, 0.25) is 0 Å². The van der Waals surface area contributed by atoms with Crippen LogP contribution in [0.25, 0.3) is 11.1 Å². The van der Waals surface area contributed by atoms with Crippen LogP contribution in [0.3, 0.4) is 0 Å². The maximum absolute atomic E-state index is 10.9. The molecule has 0 spiro atoms. The zero-order chi connectivity index (χ0) is 17.5. The maximum atomic E-state index is 10.9. The lowest BCUT2D eigenvalue weighted by molar-refractivity contribution is 0.111. The van der Waals surface area contributed by atoms with E-state index in [1.165, 1.54) is 11.1 Å². The molecule has 0 aromatic heterocycles. The molecule has 2 aliphatic carbocycles. The molecule has 0 amide bonds. The van der Waals surface area contributed by atoms with Gasteiger partial charge >= 0.3 is 0 Å². The molecule has 0 N–H and O–H groups in total. The Bertz CT molecular complexity index is 824. The van der Waals surface area contributed by atoms with Crippen molar-refractivity contribution < 1.29 is 14.3 Å². The fraction of sp³-hybridized carbons (Fsp3) is 0.136. The Morgan fingerprint density at radius 2 is 1.60 bits per heavy atom. The molecule has 2 aromatic carbocycles. The Morgan fingerprint density at radius 3 is 2.16 bits per heavy atom. The Morgan fingerprint density at radius 1 is 0.840 bits per heavy atom. The van der Waals surface area contributed by atoms with Crippen LogP contribution in [0.2, 0.25) is 0 Å². The second kappa shape index (κ2) is 8.15. The van der Waals surface area contributed by atoms with Crippen LogP contribution in [-0.2, 0) is 6.61 Å². The molecule has 3 nitrogen and oxygen atoms in total. The van der Waals surface area contributed by atoms with Gasteiger partial charge in [0.1, 0.15) is 18.1 Å². The van der Waals surface area contributed by atoms with E-state index >= 15 is 0 Å². The highest BCUT2D eigenvalue weighted by atomic mass is 16.5. The average Bonchev–Trinajstić information content (AvgIpc) is 3.27. The van der Waals surface area contributed by atoms with Gasteiger partial charge in [-0.05, 0) is 41.8 Å². The van der Waals surface area contributed by atoms with Gasteiger partial charge in [-0.25, -0.2) is 0 Å². The van der Waals surface area contributed by atoms with Crippen LogP contribution >= 0.6 is 0 Å². The zero-order valence-electron chi connectivity index (χ0n) is 14.1. The van der Waals surface area contributed by atoms with Crippen molar-refractivity contribution >= 4 is 6.29 Å². The number of fused-ring (bicyclic) bond motifs is 1. The minimum absolute atomic E-state index is 0.493. The topological polar surface area (TPSA) is 35.5 Å². The van der Waals surface area contributed by atoms with Gasteiger partial charge in [0.25, 0.3) is 0 Å². The van der Waals surface area contributed by atoms with E-state index in [1.54, 1.807) is 18.2 Å². The van der Waals surface area contributed by atoms with Gasteiger partial charge < -0.3 is 9.47 Å². The summed E-state index contributed by atoms with van der Waals surface area (Å²) in [5.41, 5.74) is 4.49. The first kappa shape index (κ1) is 16.8. The third-order valence-electron chi connectivity index (χ3n) is 3.77. The zero-order valence-corrected chi connectivity index (χ0v) is 14.1. The molecule has 0 saturated carbocycles. The summed E-state index contributed by atoms with van der Waals surface area (Å²) in [4.78, 5) is 10.9. The number of ether oxygens (including phenoxy) is 2. The highest BCUT2D eigenvalue weighted by Crippen LogP contribution is 2.32. The van der Waals surface area contributed by atoms with Crippen molar-refractivity contribution in [3.8, 4) is 22.6 Å². The van der Waals surface area contributed by atoms with Gasteiger partial charge in [0.15, 0.2) is 6.29 Å². The summed E-state index contributed by atoms with van der Waals surface area (Å²) in [5.74, 6) is 1.25. The van der Waals surface area contributed by atoms with E-state index in [0.717, 1.165) is 11.8 Å². The van der Waals surface area contributed by atoms with Crippen LogP contribution in [0.1, 0.15) is 22.8 Å². The number of carbonyl (C=O) groups is 1. The van der Waals surface area contributed by atoms with Crippen molar-refractivity contribution in [2.75, 3.05) is 6.61 Å². The Hall–Kier alpha value is -3.07. The van der Waals surface area contributed by atoms with E-state index in [0.29, 0.717) is 30.3 Å². The van der Waals surface area contributed by atoms with Crippen LogP contribution in [-0.4, -0.2) is 12.9 Å². The van der Waals surface area contributed by atoms with Crippen molar-refractivity contribution in [1.82, 2.24) is 0 Å². The van der Waals surface area contributed by atoms with Crippen molar-refractivity contribution in [3.05, 3.63) is 83.9 Å². The first-order chi connectivity index (χ1) is 12.3. The van der Waals surface area contributed by atoms with Gasteiger partial charge in [-0.15, -0.1) is 0 Å². The van der Waals surface area contributed by atoms with Gasteiger partial charge in [0, 0.05) is 6.07 Å². The summed E-state index contributed by atoms with van der Waals surface area (Å²) < 4.78 is 11.1. The van der Waals surface area contributed by atoms with Crippen molar-refractivity contribution in [1.29, 1.82) is 0 Å². The third kappa shape index (κ3) is 4.70. The van der Waals surface area contributed by atoms with E-state index in [-0.39, 0.29) is 0 Å². The number of benzene rings is 3. The molecule has 0 fully saturated rings. The minimum atomic E-state index is 0.493. The number of carbonyl (C=O) groups excluding carboxylic acids is 1. The van der Waals surface area contributed by atoms with Crippen molar-refractivity contribution in [2.24, 2.45) is 0 Å². The SMILES string of the molecule is CCOc1cc(OCc2ccccc2)ccc1C=O.c1cc2cc-2c1. The lowest BCUT2D eigenvalue weighted by Crippen LogP contribution is -1.99. The number of rotatable bonds is 6. The lowest BCUT2D eigenvalue weighted by Gasteiger charge is -2.10. The Labute approximate surface area is 147 Å². The number of aldehydes is 1. The molecule has 126 valence electrons. The fourth-order valence-electron chi connectivity index (χ4n) is 2.40. The summed E-state index contributed by atoms with van der Waals surface area (Å²) in [6, 6.07) is 23.6. The molecule has 0 unspecified atom stereocenters. The third-order valence-corrected chi connectivity index (χ3v) is 3.77. The van der Waals surface area contributed by atoms with E-state index in [2.05, 4.69) is 24.3 Å². The average molecular weight is 332 g/mol. The molecular weight excluding hydrogens is 312 g/mol. The van der Waals surface area contributed by atoms with Crippen LogP contribution < -0.4 is 9.47 Å². The second-order valence-electron chi connectivity index (χ2n) is 5.61. The van der Waals surface area contributed by atoms with Crippen LogP contribution in [0.5, 0.6) is 11.5 Å². The van der Waals surface area contributed by atoms with Gasteiger partial charge in [-0.1, -0.05) is 48.5 Å². The van der Waals surface area contributed by atoms with E-state index in [9.17, 15) is 4.79 Å². The number of hydrogen-bond acceptors (Lipinski definition) is 3. The van der Waals surface area contributed by atoms with Gasteiger partial charge in [-0.2, -0.15) is 0 Å². The van der Waals surface area contributed by atoms with Crippen LogP contribution in [0.15, 0.2) is 72.8 Å². The predicted molar refractivity (Wildman–Crippen MR) is 99.2 cm³/mol. The van der Waals surface area contributed by atoms with E-state index in [1.807, 2.05) is 37.3 Å². The first-order valence-electron chi connectivity index (χ1n) is 8.29. The highest BCUT2D eigenvalue weighted by molar-refractivity contribution is 5.80. The molecule has 0 radical (unpaired) electrons. The van der Waals surface area contributed by atoms with E-state index < -0.39 is 0 Å².